The molecule has 28 heavy (non-hydrogen) atoms. The van der Waals surface area contributed by atoms with Gasteiger partial charge in [0, 0.05) is 18.5 Å². The third-order valence-electron chi connectivity index (χ3n) is 4.16. The molecule has 8 heteroatoms. The Morgan fingerprint density at radius 2 is 2.11 bits per heavy atom. The van der Waals surface area contributed by atoms with Crippen LogP contribution >= 0.6 is 0 Å². The molecule has 0 saturated heterocycles. The Morgan fingerprint density at radius 1 is 1.29 bits per heavy atom. The van der Waals surface area contributed by atoms with E-state index in [1.54, 1.807) is 6.08 Å². The second-order valence-corrected chi connectivity index (χ2v) is 6.31. The standard InChI is InChI=1S/C20H27N5O3/c1-3-6-14-11-15(8-9-16(14)21)17-12-23-18(25-17)7-4-5-10-22-19(26)13-24-20(27)28-2/h6,8-9,11-12,21H,3-5,7,10,13H2,1-2H3,(H,22,26)(H,23,25)(H,24,27)/b14-6-,21-16?. The van der Waals surface area contributed by atoms with Crippen molar-refractivity contribution < 1.29 is 14.3 Å². The number of unbranched alkanes of at least 4 members (excludes halogenated alkanes) is 1. The zero-order valence-electron chi connectivity index (χ0n) is 16.3. The van der Waals surface area contributed by atoms with Crippen LogP contribution in [-0.2, 0) is 16.0 Å². The lowest BCUT2D eigenvalue weighted by Gasteiger charge is -2.09. The van der Waals surface area contributed by atoms with Crippen molar-refractivity contribution in [3.63, 3.8) is 0 Å². The maximum atomic E-state index is 11.5. The number of imidazole rings is 1. The van der Waals surface area contributed by atoms with Crippen LogP contribution in [0.2, 0.25) is 0 Å². The molecule has 1 aromatic heterocycles. The van der Waals surface area contributed by atoms with E-state index in [2.05, 4.69) is 32.3 Å². The molecule has 4 N–H and O–H groups in total. The number of nitrogens with zero attached hydrogens (tertiary/aromatic N) is 1. The van der Waals surface area contributed by atoms with Gasteiger partial charge < -0.3 is 25.8 Å². The van der Waals surface area contributed by atoms with Gasteiger partial charge in [0.15, 0.2) is 0 Å². The number of ether oxygens (including phenoxy) is 1. The number of carbonyl (C=O) groups excluding carboxylic acids is 2. The van der Waals surface area contributed by atoms with Crippen LogP contribution in [0.15, 0.2) is 36.1 Å². The molecule has 0 radical (unpaired) electrons. The highest BCUT2D eigenvalue weighted by atomic mass is 16.5. The summed E-state index contributed by atoms with van der Waals surface area (Å²) in [6, 6.07) is 0. The van der Waals surface area contributed by atoms with E-state index in [0.29, 0.717) is 12.3 Å². The fourth-order valence-corrected chi connectivity index (χ4v) is 2.69. The van der Waals surface area contributed by atoms with Gasteiger partial charge in [-0.2, -0.15) is 0 Å². The molecule has 8 nitrogen and oxygen atoms in total. The molecule has 1 heterocycles. The van der Waals surface area contributed by atoms with E-state index in [9.17, 15) is 9.59 Å². The smallest absolute Gasteiger partial charge is 0.407 e. The first-order valence-electron chi connectivity index (χ1n) is 9.35. The van der Waals surface area contributed by atoms with E-state index in [4.69, 9.17) is 5.41 Å². The molecular weight excluding hydrogens is 358 g/mol. The van der Waals surface area contributed by atoms with Crippen molar-refractivity contribution >= 4 is 23.3 Å². The first-order chi connectivity index (χ1) is 13.5. The summed E-state index contributed by atoms with van der Waals surface area (Å²) in [4.78, 5) is 30.2. The van der Waals surface area contributed by atoms with Crippen molar-refractivity contribution in [2.45, 2.75) is 32.6 Å². The monoisotopic (exact) mass is 385 g/mol. The molecule has 0 unspecified atom stereocenters. The van der Waals surface area contributed by atoms with Crippen LogP contribution < -0.4 is 10.6 Å². The minimum Gasteiger partial charge on any atom is -0.453 e. The Morgan fingerprint density at radius 3 is 2.86 bits per heavy atom. The molecule has 0 atom stereocenters. The number of alkyl carbamates (subject to hydrolysis) is 1. The lowest BCUT2D eigenvalue weighted by atomic mass is 9.98. The van der Waals surface area contributed by atoms with Crippen molar-refractivity contribution in [3.05, 3.63) is 47.6 Å². The van der Waals surface area contributed by atoms with Gasteiger partial charge in [-0.3, -0.25) is 4.79 Å². The van der Waals surface area contributed by atoms with Gasteiger partial charge in [-0.25, -0.2) is 9.78 Å². The van der Waals surface area contributed by atoms with E-state index in [0.717, 1.165) is 48.3 Å². The summed E-state index contributed by atoms with van der Waals surface area (Å²) >= 11 is 0. The molecule has 1 aromatic rings. The van der Waals surface area contributed by atoms with Gasteiger partial charge in [0.1, 0.15) is 5.82 Å². The summed E-state index contributed by atoms with van der Waals surface area (Å²) in [5, 5.41) is 13.0. The highest BCUT2D eigenvalue weighted by Crippen LogP contribution is 2.22. The largest absolute Gasteiger partial charge is 0.453 e. The van der Waals surface area contributed by atoms with Crippen LogP contribution in [-0.4, -0.2) is 47.9 Å². The van der Waals surface area contributed by atoms with Gasteiger partial charge in [-0.15, -0.1) is 0 Å². The van der Waals surface area contributed by atoms with Crippen molar-refractivity contribution in [2.75, 3.05) is 20.2 Å². The summed E-state index contributed by atoms with van der Waals surface area (Å²) in [7, 11) is 1.25. The van der Waals surface area contributed by atoms with Crippen molar-refractivity contribution in [1.82, 2.24) is 20.6 Å². The van der Waals surface area contributed by atoms with Crippen molar-refractivity contribution in [3.8, 4) is 0 Å². The zero-order valence-corrected chi connectivity index (χ0v) is 16.3. The first-order valence-corrected chi connectivity index (χ1v) is 9.35. The normalized spacial score (nSPS) is 14.7. The van der Waals surface area contributed by atoms with Gasteiger partial charge >= 0.3 is 6.09 Å². The fraction of sp³-hybridized carbons (Fsp3) is 0.400. The van der Waals surface area contributed by atoms with Crippen LogP contribution in [0.3, 0.4) is 0 Å². The van der Waals surface area contributed by atoms with E-state index >= 15 is 0 Å². The molecule has 0 bridgehead atoms. The summed E-state index contributed by atoms with van der Waals surface area (Å²) in [5.74, 6) is 0.646. The number of aryl methyl sites for hydroxylation is 1. The van der Waals surface area contributed by atoms with E-state index in [1.165, 1.54) is 7.11 Å². The number of rotatable bonds is 9. The molecule has 1 aliphatic carbocycles. The number of H-pyrrole nitrogens is 1. The molecule has 0 fully saturated rings. The lowest BCUT2D eigenvalue weighted by Crippen LogP contribution is -2.37. The van der Waals surface area contributed by atoms with Gasteiger partial charge in [0.2, 0.25) is 5.91 Å². The minimum atomic E-state index is -0.624. The quantitative estimate of drug-likeness (QED) is 0.488. The van der Waals surface area contributed by atoms with Crippen molar-refractivity contribution in [1.29, 1.82) is 5.41 Å². The molecule has 0 aliphatic heterocycles. The summed E-state index contributed by atoms with van der Waals surface area (Å²) in [5.41, 5.74) is 3.39. The maximum Gasteiger partial charge on any atom is 0.407 e. The highest BCUT2D eigenvalue weighted by Gasteiger charge is 2.11. The topological polar surface area (TPSA) is 120 Å². The number of nitrogens with one attached hydrogen (secondary N) is 4. The number of hydrogen-bond acceptors (Lipinski definition) is 5. The Hall–Kier alpha value is -3.16. The SMILES string of the molecule is CC/C=C1/C=C(c2cnc(CCCCNC(=O)CNC(=O)OC)[nH]2)C=CC1=N. The average molecular weight is 385 g/mol. The van der Waals surface area contributed by atoms with E-state index in [1.807, 2.05) is 24.4 Å². The van der Waals surface area contributed by atoms with Crippen LogP contribution in [0.25, 0.3) is 5.57 Å². The lowest BCUT2D eigenvalue weighted by molar-refractivity contribution is -0.120. The van der Waals surface area contributed by atoms with Crippen LogP contribution in [0.4, 0.5) is 4.79 Å². The molecule has 0 saturated carbocycles. The molecule has 0 aromatic carbocycles. The third kappa shape index (κ3) is 6.53. The second kappa shape index (κ2) is 10.9. The first kappa shape index (κ1) is 21.1. The van der Waals surface area contributed by atoms with Crippen LogP contribution in [0, 0.1) is 5.41 Å². The van der Waals surface area contributed by atoms with E-state index in [-0.39, 0.29) is 12.5 Å². The summed E-state index contributed by atoms with van der Waals surface area (Å²) in [6.45, 7) is 2.50. The number of allylic oxidation sites excluding steroid dienone is 6. The van der Waals surface area contributed by atoms with Crippen LogP contribution in [0.5, 0.6) is 0 Å². The number of amides is 2. The predicted molar refractivity (Wildman–Crippen MR) is 108 cm³/mol. The average Bonchev–Trinajstić information content (AvgIpc) is 3.16. The molecule has 2 amide bonds. The number of carbonyl (C=O) groups is 2. The number of hydrogen-bond donors (Lipinski definition) is 4. The van der Waals surface area contributed by atoms with E-state index < -0.39 is 6.09 Å². The highest BCUT2D eigenvalue weighted by molar-refractivity contribution is 6.12. The molecule has 0 spiro atoms. The minimum absolute atomic E-state index is 0.0945. The zero-order chi connectivity index (χ0) is 20.4. The predicted octanol–water partition coefficient (Wildman–Crippen LogP) is 2.51. The Bertz CT molecular complexity index is 805. The van der Waals surface area contributed by atoms with Gasteiger partial charge in [-0.05, 0) is 37.0 Å². The maximum absolute atomic E-state index is 11.5. The third-order valence-corrected chi connectivity index (χ3v) is 4.16. The van der Waals surface area contributed by atoms with Gasteiger partial charge in [0.25, 0.3) is 0 Å². The molecule has 2 rings (SSSR count). The molecule has 150 valence electrons. The Labute approximate surface area is 164 Å². The number of methoxy groups -OCH3 is 1. The second-order valence-electron chi connectivity index (χ2n) is 6.31. The van der Waals surface area contributed by atoms with Gasteiger partial charge in [0.05, 0.1) is 31.3 Å². The van der Waals surface area contributed by atoms with Crippen LogP contribution in [0.1, 0.15) is 37.7 Å². The molecular formula is C20H27N5O3. The van der Waals surface area contributed by atoms with Crippen molar-refractivity contribution in [2.24, 2.45) is 0 Å². The Balaban J connectivity index is 1.74. The summed E-state index contributed by atoms with van der Waals surface area (Å²) in [6.07, 6.45) is 12.3. The Kier molecular flexibility index (Phi) is 8.20. The number of aromatic amines is 1. The number of aromatic nitrogens is 2. The van der Waals surface area contributed by atoms with Gasteiger partial charge in [-0.1, -0.05) is 19.1 Å². The fourth-order valence-electron chi connectivity index (χ4n) is 2.69. The molecule has 1 aliphatic rings. The summed E-state index contributed by atoms with van der Waals surface area (Å²) < 4.78 is 4.40.